The Balaban J connectivity index is 1.39. The maximum atomic E-state index is 13.8. The molecule has 7 nitrogen and oxygen atoms in total. The number of nitrogens with one attached hydrogen (secondary N) is 1. The van der Waals surface area contributed by atoms with Crippen molar-refractivity contribution in [1.82, 2.24) is 24.7 Å². The minimum atomic E-state index is -0.162. The smallest absolute Gasteiger partial charge is 0.283 e. The third kappa shape index (κ3) is 4.66. The number of aryl methyl sites for hydroxylation is 1. The Hall–Kier alpha value is -4.08. The average molecular weight is 538 g/mol. The van der Waals surface area contributed by atoms with Crippen LogP contribution < -0.4 is 5.56 Å². The van der Waals surface area contributed by atoms with Crippen LogP contribution in [0.5, 0.6) is 0 Å². The van der Waals surface area contributed by atoms with E-state index in [-0.39, 0.29) is 5.56 Å². The Kier molecular flexibility index (Phi) is 6.61. The summed E-state index contributed by atoms with van der Waals surface area (Å²) >= 11 is 3.07. The van der Waals surface area contributed by atoms with Crippen molar-refractivity contribution in [2.45, 2.75) is 22.7 Å². The molecule has 38 heavy (non-hydrogen) atoms. The van der Waals surface area contributed by atoms with Crippen LogP contribution in [0.1, 0.15) is 11.5 Å². The second-order valence-electron chi connectivity index (χ2n) is 8.69. The summed E-state index contributed by atoms with van der Waals surface area (Å²) < 4.78 is 7.19. The van der Waals surface area contributed by atoms with Gasteiger partial charge in [-0.2, -0.15) is 4.98 Å². The van der Waals surface area contributed by atoms with Crippen LogP contribution in [0.25, 0.3) is 39.2 Å². The Bertz CT molecular complexity index is 1790. The number of H-pyrrole nitrogens is 1. The zero-order chi connectivity index (χ0) is 26.1. The molecule has 0 atom stereocenters. The Morgan fingerprint density at radius 1 is 0.947 bits per heavy atom. The first-order chi connectivity index (χ1) is 18.6. The van der Waals surface area contributed by atoms with Crippen LogP contribution in [0.2, 0.25) is 0 Å². The van der Waals surface area contributed by atoms with Crippen LogP contribution in [-0.2, 0) is 5.75 Å². The van der Waals surface area contributed by atoms with Crippen LogP contribution in [0, 0.1) is 6.92 Å². The second-order valence-corrected chi connectivity index (χ2v) is 10.5. The molecule has 1 N–H and O–H groups in total. The Morgan fingerprint density at radius 3 is 2.53 bits per heavy atom. The highest BCUT2D eigenvalue weighted by molar-refractivity contribution is 7.98. The highest BCUT2D eigenvalue weighted by Gasteiger charge is 2.19. The number of aromatic amines is 1. The van der Waals surface area contributed by atoms with Crippen molar-refractivity contribution in [2.24, 2.45) is 0 Å². The second kappa shape index (κ2) is 10.4. The maximum absolute atomic E-state index is 13.8. The summed E-state index contributed by atoms with van der Waals surface area (Å²) in [5.74, 6) is 1.36. The molecule has 0 aliphatic rings. The molecule has 0 saturated heterocycles. The summed E-state index contributed by atoms with van der Waals surface area (Å²) in [6.45, 7) is 2.00. The molecule has 3 aromatic carbocycles. The predicted octanol–water partition coefficient (Wildman–Crippen LogP) is 6.75. The predicted molar refractivity (Wildman–Crippen MR) is 153 cm³/mol. The van der Waals surface area contributed by atoms with Gasteiger partial charge < -0.3 is 9.51 Å². The number of aromatic nitrogens is 5. The molecule has 188 valence electrons. The summed E-state index contributed by atoms with van der Waals surface area (Å²) in [4.78, 5) is 27.7. The molecular weight excluding hydrogens is 514 g/mol. The molecule has 0 unspecified atom stereocenters. The third-order valence-electron chi connectivity index (χ3n) is 6.15. The number of hydrogen-bond donors (Lipinski definition) is 1. The molecule has 9 heteroatoms. The fourth-order valence-corrected chi connectivity index (χ4v) is 5.52. The standard InChI is InChI=1S/C29H23N5O2S2/c1-18-7-6-10-21(15-18)34-28(35)26-25(23(16-30-26)19-8-4-3-5-9-19)32-29(34)38-17-24-31-27(33-36-24)20-11-13-22(37-2)14-12-20/h3-16,30H,17H2,1-2H3. The lowest BCUT2D eigenvalue weighted by Gasteiger charge is -2.12. The first-order valence-corrected chi connectivity index (χ1v) is 14.2. The number of fused-ring (bicyclic) bond motifs is 1. The van der Waals surface area contributed by atoms with Crippen molar-refractivity contribution in [3.05, 3.63) is 107 Å². The Labute approximate surface area is 227 Å². The molecule has 6 rings (SSSR count). The summed E-state index contributed by atoms with van der Waals surface area (Å²) in [6.07, 6.45) is 3.88. The summed E-state index contributed by atoms with van der Waals surface area (Å²) in [5.41, 5.74) is 5.49. The molecule has 0 saturated carbocycles. The van der Waals surface area contributed by atoms with Gasteiger partial charge in [0.05, 0.1) is 11.4 Å². The first kappa shape index (κ1) is 24.3. The van der Waals surface area contributed by atoms with Gasteiger partial charge in [0.1, 0.15) is 11.0 Å². The number of nitrogens with zero attached hydrogens (tertiary/aromatic N) is 4. The lowest BCUT2D eigenvalue weighted by atomic mass is 10.1. The van der Waals surface area contributed by atoms with Gasteiger partial charge in [0, 0.05) is 22.2 Å². The largest absolute Gasteiger partial charge is 0.355 e. The van der Waals surface area contributed by atoms with Crippen LogP contribution in [0.4, 0.5) is 0 Å². The fourth-order valence-electron chi connectivity index (χ4n) is 4.27. The SMILES string of the molecule is CSc1ccc(-c2noc(CSc3nc4c(-c5ccccc5)c[nH]c4c(=O)n3-c3cccc(C)c3)n2)cc1. The van der Waals surface area contributed by atoms with Gasteiger partial charge in [-0.05, 0) is 60.7 Å². The lowest BCUT2D eigenvalue weighted by molar-refractivity contribution is 0.391. The highest BCUT2D eigenvalue weighted by Crippen LogP contribution is 2.30. The molecular formula is C29H23N5O2S2. The van der Waals surface area contributed by atoms with E-state index in [9.17, 15) is 4.79 Å². The Morgan fingerprint density at radius 2 is 1.76 bits per heavy atom. The molecule has 0 amide bonds. The molecule has 0 fully saturated rings. The number of thioether (sulfide) groups is 2. The van der Waals surface area contributed by atoms with Crippen molar-refractivity contribution in [2.75, 3.05) is 6.26 Å². The molecule has 0 bridgehead atoms. The van der Waals surface area contributed by atoms with Gasteiger partial charge in [-0.25, -0.2) is 4.98 Å². The first-order valence-electron chi connectivity index (χ1n) is 12.0. The molecule has 0 aliphatic heterocycles. The quantitative estimate of drug-likeness (QED) is 0.178. The highest BCUT2D eigenvalue weighted by atomic mass is 32.2. The lowest BCUT2D eigenvalue weighted by Crippen LogP contribution is -2.22. The zero-order valence-corrected chi connectivity index (χ0v) is 22.3. The van der Waals surface area contributed by atoms with E-state index in [1.165, 1.54) is 16.7 Å². The van der Waals surface area contributed by atoms with Crippen LogP contribution in [0.3, 0.4) is 0 Å². The van der Waals surface area contributed by atoms with Crippen LogP contribution in [0.15, 0.2) is 104 Å². The zero-order valence-electron chi connectivity index (χ0n) is 20.7. The van der Waals surface area contributed by atoms with Gasteiger partial charge in [-0.3, -0.25) is 9.36 Å². The maximum Gasteiger partial charge on any atom is 0.283 e. The van der Waals surface area contributed by atoms with Crippen molar-refractivity contribution in [3.63, 3.8) is 0 Å². The normalized spacial score (nSPS) is 11.3. The fraction of sp³-hybridized carbons (Fsp3) is 0.103. The molecule has 0 radical (unpaired) electrons. The molecule has 0 aliphatic carbocycles. The van der Waals surface area contributed by atoms with E-state index in [2.05, 4.69) is 15.1 Å². The van der Waals surface area contributed by atoms with Crippen LogP contribution in [-0.4, -0.2) is 30.9 Å². The van der Waals surface area contributed by atoms with E-state index in [1.54, 1.807) is 16.3 Å². The number of benzene rings is 3. The van der Waals surface area contributed by atoms with Gasteiger partial charge in [0.2, 0.25) is 11.7 Å². The molecule has 0 spiro atoms. The van der Waals surface area contributed by atoms with Gasteiger partial charge >= 0.3 is 0 Å². The van der Waals surface area contributed by atoms with Crippen molar-refractivity contribution < 1.29 is 4.52 Å². The van der Waals surface area contributed by atoms with Crippen LogP contribution >= 0.6 is 23.5 Å². The minimum Gasteiger partial charge on any atom is -0.355 e. The number of rotatable bonds is 7. The van der Waals surface area contributed by atoms with E-state index in [0.29, 0.717) is 33.7 Å². The monoisotopic (exact) mass is 537 g/mol. The average Bonchev–Trinajstić information content (AvgIpc) is 3.60. The molecule has 3 heterocycles. The molecule has 6 aromatic rings. The van der Waals surface area contributed by atoms with E-state index < -0.39 is 0 Å². The van der Waals surface area contributed by atoms with E-state index >= 15 is 0 Å². The van der Waals surface area contributed by atoms with E-state index in [0.717, 1.165) is 27.9 Å². The van der Waals surface area contributed by atoms with Crippen molar-refractivity contribution >= 4 is 34.6 Å². The van der Waals surface area contributed by atoms with Gasteiger partial charge in [-0.1, -0.05) is 59.4 Å². The third-order valence-corrected chi connectivity index (χ3v) is 7.82. The summed E-state index contributed by atoms with van der Waals surface area (Å²) in [6, 6.07) is 25.8. The van der Waals surface area contributed by atoms with Gasteiger partial charge in [0.15, 0.2) is 5.16 Å². The summed E-state index contributed by atoms with van der Waals surface area (Å²) in [7, 11) is 0. The van der Waals surface area contributed by atoms with Gasteiger partial charge in [0.25, 0.3) is 5.56 Å². The molecule has 3 aromatic heterocycles. The van der Waals surface area contributed by atoms with E-state index in [4.69, 9.17) is 9.51 Å². The van der Waals surface area contributed by atoms with Gasteiger partial charge in [-0.15, -0.1) is 11.8 Å². The van der Waals surface area contributed by atoms with Crippen molar-refractivity contribution in [1.29, 1.82) is 0 Å². The topological polar surface area (TPSA) is 89.6 Å². The van der Waals surface area contributed by atoms with Crippen molar-refractivity contribution in [3.8, 4) is 28.2 Å². The summed E-state index contributed by atoms with van der Waals surface area (Å²) in [5, 5.41) is 4.71. The minimum absolute atomic E-state index is 0.162. The number of hydrogen-bond acceptors (Lipinski definition) is 7. The van der Waals surface area contributed by atoms with E-state index in [1.807, 2.05) is 98.2 Å².